The molecule has 0 saturated heterocycles. The Morgan fingerprint density at radius 2 is 1.82 bits per heavy atom. The van der Waals surface area contributed by atoms with Crippen molar-refractivity contribution in [1.82, 2.24) is 4.31 Å². The number of benzene rings is 1. The summed E-state index contributed by atoms with van der Waals surface area (Å²) < 4.78 is 25.0. The average molecular weight is 256 g/mol. The molecule has 6 heteroatoms. The second-order valence-corrected chi connectivity index (χ2v) is 5.56. The van der Waals surface area contributed by atoms with E-state index in [1.165, 1.54) is 19.1 Å². The fraction of sp³-hybridized carbons (Fsp3) is 0.364. The third-order valence-electron chi connectivity index (χ3n) is 2.29. The summed E-state index contributed by atoms with van der Waals surface area (Å²) in [7, 11) is -3.78. The molecule has 0 spiro atoms. The minimum Gasteiger partial charge on any atom is -0.329 e. The van der Waals surface area contributed by atoms with Gasteiger partial charge >= 0.3 is 0 Å². The molecule has 17 heavy (non-hydrogen) atoms. The monoisotopic (exact) mass is 256 g/mol. The molecular formula is C11H16N2O3S. The van der Waals surface area contributed by atoms with Crippen LogP contribution in [0.5, 0.6) is 0 Å². The summed E-state index contributed by atoms with van der Waals surface area (Å²) >= 11 is 0. The Hall–Kier alpha value is -1.40. The maximum Gasteiger partial charge on any atom is 0.266 e. The highest BCUT2D eigenvalue weighted by Gasteiger charge is 2.25. The number of sulfonamides is 1. The summed E-state index contributed by atoms with van der Waals surface area (Å²) in [4.78, 5) is 11.4. The van der Waals surface area contributed by atoms with E-state index in [0.717, 1.165) is 9.87 Å². The van der Waals surface area contributed by atoms with Gasteiger partial charge in [-0.15, -0.1) is 0 Å². The van der Waals surface area contributed by atoms with Gasteiger partial charge in [0.15, 0.2) is 0 Å². The van der Waals surface area contributed by atoms with Gasteiger partial charge in [-0.2, -0.15) is 0 Å². The van der Waals surface area contributed by atoms with Crippen molar-refractivity contribution in [1.29, 1.82) is 0 Å². The molecule has 1 aromatic rings. The molecule has 0 fully saturated rings. The van der Waals surface area contributed by atoms with Crippen LogP contribution in [0.15, 0.2) is 29.2 Å². The van der Waals surface area contributed by atoms with Gasteiger partial charge in [0.2, 0.25) is 5.91 Å². The van der Waals surface area contributed by atoms with Crippen LogP contribution in [0, 0.1) is 6.92 Å². The number of hydrogen-bond donors (Lipinski definition) is 1. The van der Waals surface area contributed by atoms with E-state index in [4.69, 9.17) is 5.73 Å². The molecule has 2 N–H and O–H groups in total. The Labute approximate surface area is 101 Å². The lowest BCUT2D eigenvalue weighted by molar-refractivity contribution is -0.124. The van der Waals surface area contributed by atoms with Gasteiger partial charge in [-0.05, 0) is 19.1 Å². The first-order valence-corrected chi connectivity index (χ1v) is 6.63. The van der Waals surface area contributed by atoms with Crippen LogP contribution < -0.4 is 5.73 Å². The number of carbonyl (C=O) groups excluding carboxylic acids is 1. The molecule has 1 rings (SSSR count). The smallest absolute Gasteiger partial charge is 0.266 e. The van der Waals surface area contributed by atoms with Crippen molar-refractivity contribution in [3.05, 3.63) is 29.8 Å². The largest absolute Gasteiger partial charge is 0.329 e. The molecule has 0 radical (unpaired) electrons. The lowest BCUT2D eigenvalue weighted by atomic mass is 10.2. The second kappa shape index (κ2) is 5.29. The van der Waals surface area contributed by atoms with Crippen LogP contribution in [0.2, 0.25) is 0 Å². The third kappa shape index (κ3) is 3.04. The van der Waals surface area contributed by atoms with Crippen LogP contribution in [0.25, 0.3) is 0 Å². The van der Waals surface area contributed by atoms with Crippen molar-refractivity contribution in [2.75, 3.05) is 13.1 Å². The van der Waals surface area contributed by atoms with E-state index < -0.39 is 15.9 Å². The summed E-state index contributed by atoms with van der Waals surface area (Å²) in [6, 6.07) is 6.34. The van der Waals surface area contributed by atoms with E-state index in [2.05, 4.69) is 0 Å². The zero-order valence-electron chi connectivity index (χ0n) is 9.88. The number of rotatable bonds is 4. The number of carbonyl (C=O) groups is 1. The fourth-order valence-corrected chi connectivity index (χ4v) is 2.82. The lowest BCUT2D eigenvalue weighted by Gasteiger charge is -2.20. The molecule has 5 nitrogen and oxygen atoms in total. The highest BCUT2D eigenvalue weighted by Crippen LogP contribution is 2.16. The molecule has 0 saturated carbocycles. The summed E-state index contributed by atoms with van der Waals surface area (Å²) in [6.07, 6.45) is 0. The number of amides is 1. The SMILES string of the molecule is CC(=O)N(CCN)S(=O)(=O)c1ccc(C)cc1. The Morgan fingerprint density at radius 3 is 2.24 bits per heavy atom. The topological polar surface area (TPSA) is 80.5 Å². The first kappa shape index (κ1) is 13.7. The molecule has 0 atom stereocenters. The maximum absolute atomic E-state index is 12.1. The van der Waals surface area contributed by atoms with Gasteiger partial charge in [0.25, 0.3) is 10.0 Å². The highest BCUT2D eigenvalue weighted by atomic mass is 32.2. The molecule has 0 heterocycles. The van der Waals surface area contributed by atoms with Crippen LogP contribution >= 0.6 is 0 Å². The van der Waals surface area contributed by atoms with E-state index in [-0.39, 0.29) is 18.0 Å². The van der Waals surface area contributed by atoms with E-state index >= 15 is 0 Å². The standard InChI is InChI=1S/C11H16N2O3S/c1-9-3-5-11(6-4-9)17(15,16)13(8-7-12)10(2)14/h3-6H,7-8,12H2,1-2H3. The lowest BCUT2D eigenvalue weighted by Crippen LogP contribution is -2.38. The Balaban J connectivity index is 3.16. The van der Waals surface area contributed by atoms with Gasteiger partial charge in [-0.1, -0.05) is 17.7 Å². The van der Waals surface area contributed by atoms with Crippen molar-refractivity contribution < 1.29 is 13.2 Å². The minimum atomic E-state index is -3.78. The fourth-order valence-electron chi connectivity index (χ4n) is 1.40. The van der Waals surface area contributed by atoms with E-state index in [1.807, 2.05) is 6.92 Å². The molecule has 0 aliphatic rings. The molecule has 0 unspecified atom stereocenters. The van der Waals surface area contributed by atoms with Crippen LogP contribution in [-0.4, -0.2) is 31.7 Å². The molecule has 94 valence electrons. The van der Waals surface area contributed by atoms with Gasteiger partial charge in [-0.25, -0.2) is 12.7 Å². The molecule has 0 bridgehead atoms. The summed E-state index contributed by atoms with van der Waals surface area (Å²) in [5.74, 6) is -0.531. The number of nitrogens with zero attached hydrogens (tertiary/aromatic N) is 1. The van der Waals surface area contributed by atoms with Crippen molar-refractivity contribution >= 4 is 15.9 Å². The maximum atomic E-state index is 12.1. The van der Waals surface area contributed by atoms with Gasteiger partial charge in [0, 0.05) is 20.0 Å². The number of aryl methyl sites for hydroxylation is 1. The molecule has 1 aromatic carbocycles. The van der Waals surface area contributed by atoms with Gasteiger partial charge < -0.3 is 5.73 Å². The van der Waals surface area contributed by atoms with Crippen LogP contribution in [0.4, 0.5) is 0 Å². The molecule has 0 aliphatic carbocycles. The zero-order chi connectivity index (χ0) is 13.1. The predicted octanol–water partition coefficient (Wildman–Crippen LogP) is 0.491. The quantitative estimate of drug-likeness (QED) is 0.850. The molecule has 1 amide bonds. The summed E-state index contributed by atoms with van der Waals surface area (Å²) in [6.45, 7) is 3.16. The molecule has 0 aliphatic heterocycles. The van der Waals surface area contributed by atoms with E-state index in [1.54, 1.807) is 12.1 Å². The predicted molar refractivity (Wildman–Crippen MR) is 64.8 cm³/mol. The van der Waals surface area contributed by atoms with Gasteiger partial charge in [-0.3, -0.25) is 4.79 Å². The Bertz CT molecular complexity index is 494. The second-order valence-electron chi connectivity index (χ2n) is 3.70. The average Bonchev–Trinajstić information content (AvgIpc) is 2.25. The highest BCUT2D eigenvalue weighted by molar-refractivity contribution is 7.89. The first-order valence-electron chi connectivity index (χ1n) is 5.19. The van der Waals surface area contributed by atoms with Gasteiger partial charge in [0.1, 0.15) is 0 Å². The van der Waals surface area contributed by atoms with Crippen molar-refractivity contribution in [2.45, 2.75) is 18.7 Å². The van der Waals surface area contributed by atoms with Crippen molar-refractivity contribution in [3.8, 4) is 0 Å². The first-order chi connectivity index (χ1) is 7.89. The number of nitrogens with two attached hydrogens (primary N) is 1. The van der Waals surface area contributed by atoms with Crippen molar-refractivity contribution in [2.24, 2.45) is 5.73 Å². The molecular weight excluding hydrogens is 240 g/mol. The normalized spacial score (nSPS) is 11.2. The Kier molecular flexibility index (Phi) is 4.25. The number of hydrogen-bond acceptors (Lipinski definition) is 4. The zero-order valence-corrected chi connectivity index (χ0v) is 10.7. The van der Waals surface area contributed by atoms with Crippen LogP contribution in [-0.2, 0) is 14.8 Å². The van der Waals surface area contributed by atoms with Crippen LogP contribution in [0.3, 0.4) is 0 Å². The summed E-state index contributed by atoms with van der Waals surface area (Å²) in [5.41, 5.74) is 6.26. The van der Waals surface area contributed by atoms with E-state index in [9.17, 15) is 13.2 Å². The van der Waals surface area contributed by atoms with Crippen molar-refractivity contribution in [3.63, 3.8) is 0 Å². The van der Waals surface area contributed by atoms with Crippen LogP contribution in [0.1, 0.15) is 12.5 Å². The molecule has 0 aromatic heterocycles. The van der Waals surface area contributed by atoms with E-state index in [0.29, 0.717) is 0 Å². The third-order valence-corrected chi connectivity index (χ3v) is 4.18. The van der Waals surface area contributed by atoms with Gasteiger partial charge in [0.05, 0.1) is 4.90 Å². The minimum absolute atomic E-state index is 0.00839. The summed E-state index contributed by atoms with van der Waals surface area (Å²) in [5, 5.41) is 0. The Morgan fingerprint density at radius 1 is 1.29 bits per heavy atom.